The van der Waals surface area contributed by atoms with Crippen LogP contribution in [0.4, 0.5) is 10.5 Å². The average Bonchev–Trinajstić information content (AvgIpc) is 3.21. The van der Waals surface area contributed by atoms with E-state index in [2.05, 4.69) is 17.4 Å². The largest absolute Gasteiger partial charge is 0.375 e. The molecule has 6 nitrogen and oxygen atoms in total. The normalized spacial score (nSPS) is 18.4. The number of rotatable bonds is 5. The summed E-state index contributed by atoms with van der Waals surface area (Å²) >= 11 is 0. The Bertz CT molecular complexity index is 855. The Kier molecular flexibility index (Phi) is 6.10. The zero-order valence-corrected chi connectivity index (χ0v) is 16.5. The first-order valence-corrected chi connectivity index (χ1v) is 10.3. The molecular weight excluding hydrogens is 366 g/mol. The number of ether oxygens (including phenoxy) is 1. The maximum atomic E-state index is 12.6. The molecule has 2 aromatic carbocycles. The summed E-state index contributed by atoms with van der Waals surface area (Å²) in [5, 5.41) is 2.79. The fourth-order valence-electron chi connectivity index (χ4n) is 4.01. The van der Waals surface area contributed by atoms with Crippen LogP contribution < -0.4 is 10.2 Å². The predicted molar refractivity (Wildman–Crippen MR) is 112 cm³/mol. The number of amides is 3. The zero-order chi connectivity index (χ0) is 20.1. The van der Waals surface area contributed by atoms with E-state index < -0.39 is 0 Å². The van der Waals surface area contributed by atoms with Gasteiger partial charge in [0.15, 0.2) is 0 Å². The Morgan fingerprint density at radius 1 is 1.03 bits per heavy atom. The Balaban J connectivity index is 1.24. The number of fused-ring (bicyclic) bond motifs is 1. The van der Waals surface area contributed by atoms with Gasteiger partial charge in [-0.3, -0.25) is 4.79 Å². The van der Waals surface area contributed by atoms with Gasteiger partial charge in [0.05, 0.1) is 19.3 Å². The van der Waals surface area contributed by atoms with E-state index in [0.29, 0.717) is 26.2 Å². The highest BCUT2D eigenvalue weighted by molar-refractivity contribution is 5.98. The summed E-state index contributed by atoms with van der Waals surface area (Å²) in [6.45, 7) is 2.32. The van der Waals surface area contributed by atoms with E-state index in [1.165, 1.54) is 11.1 Å². The first-order valence-electron chi connectivity index (χ1n) is 10.3. The minimum absolute atomic E-state index is 0.0131. The van der Waals surface area contributed by atoms with Gasteiger partial charge >= 0.3 is 6.03 Å². The molecule has 1 saturated heterocycles. The van der Waals surface area contributed by atoms with Crippen molar-refractivity contribution in [2.24, 2.45) is 0 Å². The van der Waals surface area contributed by atoms with Crippen molar-refractivity contribution >= 4 is 17.6 Å². The van der Waals surface area contributed by atoms with Crippen LogP contribution in [0.25, 0.3) is 0 Å². The molecule has 1 unspecified atom stereocenters. The monoisotopic (exact) mass is 393 g/mol. The van der Waals surface area contributed by atoms with Gasteiger partial charge in [-0.15, -0.1) is 0 Å². The van der Waals surface area contributed by atoms with E-state index in [-0.39, 0.29) is 24.6 Å². The molecule has 0 aromatic heterocycles. The molecule has 29 heavy (non-hydrogen) atoms. The smallest absolute Gasteiger partial charge is 0.318 e. The van der Waals surface area contributed by atoms with Crippen LogP contribution in [-0.2, 0) is 22.4 Å². The number of hydrogen-bond acceptors (Lipinski definition) is 3. The lowest BCUT2D eigenvalue weighted by Gasteiger charge is -2.33. The van der Waals surface area contributed by atoms with E-state index in [1.54, 1.807) is 9.80 Å². The molecule has 6 heteroatoms. The number of aryl methyl sites for hydroxylation is 1. The minimum atomic E-state index is -0.196. The fourth-order valence-corrected chi connectivity index (χ4v) is 4.01. The van der Waals surface area contributed by atoms with E-state index in [0.717, 1.165) is 24.9 Å². The lowest BCUT2D eigenvalue weighted by molar-refractivity contribution is -0.117. The van der Waals surface area contributed by atoms with Gasteiger partial charge in [-0.2, -0.15) is 0 Å². The van der Waals surface area contributed by atoms with E-state index in [9.17, 15) is 9.59 Å². The van der Waals surface area contributed by atoms with Crippen molar-refractivity contribution in [2.75, 3.05) is 37.7 Å². The molecule has 1 fully saturated rings. The lowest BCUT2D eigenvalue weighted by Crippen LogP contribution is -2.51. The highest BCUT2D eigenvalue weighted by Crippen LogP contribution is 2.27. The number of hydrogen-bond donors (Lipinski definition) is 1. The first-order chi connectivity index (χ1) is 14.2. The van der Waals surface area contributed by atoms with Crippen molar-refractivity contribution in [2.45, 2.75) is 25.4 Å². The molecule has 1 N–H and O–H groups in total. The molecular formula is C23H27N3O3. The number of para-hydroxylation sites is 1. The van der Waals surface area contributed by atoms with E-state index in [1.807, 2.05) is 42.5 Å². The third-order valence-electron chi connectivity index (χ3n) is 5.60. The van der Waals surface area contributed by atoms with Crippen molar-refractivity contribution in [1.29, 1.82) is 0 Å². The quantitative estimate of drug-likeness (QED) is 0.850. The predicted octanol–water partition coefficient (Wildman–Crippen LogP) is 2.62. The van der Waals surface area contributed by atoms with Crippen LogP contribution in [0, 0.1) is 0 Å². The number of nitrogens with zero attached hydrogens (tertiary/aromatic N) is 2. The van der Waals surface area contributed by atoms with Crippen LogP contribution in [0.5, 0.6) is 0 Å². The molecule has 0 aliphatic carbocycles. The molecule has 2 aliphatic heterocycles. The van der Waals surface area contributed by atoms with E-state index in [4.69, 9.17) is 4.74 Å². The van der Waals surface area contributed by atoms with Crippen molar-refractivity contribution in [1.82, 2.24) is 10.2 Å². The zero-order valence-electron chi connectivity index (χ0n) is 16.5. The standard InChI is InChI=1S/C23H27N3O3/c27-22(26-13-12-19-8-4-5-9-21(19)26)16-24-23(28)25-14-15-29-20(17-25)11-10-18-6-2-1-3-7-18/h1-9,20H,10-17H2,(H,24,28). The van der Waals surface area contributed by atoms with Crippen LogP contribution in [0.15, 0.2) is 54.6 Å². The molecule has 0 radical (unpaired) electrons. The molecule has 4 rings (SSSR count). The Morgan fingerprint density at radius 3 is 2.69 bits per heavy atom. The maximum absolute atomic E-state index is 12.6. The van der Waals surface area contributed by atoms with Gasteiger partial charge in [0.2, 0.25) is 5.91 Å². The summed E-state index contributed by atoms with van der Waals surface area (Å²) in [6, 6.07) is 18.0. The Hall–Kier alpha value is -2.86. The minimum Gasteiger partial charge on any atom is -0.375 e. The van der Waals surface area contributed by atoms with E-state index >= 15 is 0 Å². The van der Waals surface area contributed by atoms with Crippen LogP contribution in [-0.4, -0.2) is 55.7 Å². The van der Waals surface area contributed by atoms with Crippen molar-refractivity contribution < 1.29 is 14.3 Å². The molecule has 2 aliphatic rings. The van der Waals surface area contributed by atoms with Crippen LogP contribution in [0.1, 0.15) is 17.5 Å². The molecule has 0 spiro atoms. The molecule has 2 aromatic rings. The number of carbonyl (C=O) groups excluding carboxylic acids is 2. The molecule has 2 heterocycles. The summed E-state index contributed by atoms with van der Waals surface area (Å²) in [7, 11) is 0. The molecule has 3 amide bonds. The lowest BCUT2D eigenvalue weighted by atomic mass is 10.1. The van der Waals surface area contributed by atoms with Crippen molar-refractivity contribution in [3.05, 3.63) is 65.7 Å². The number of nitrogens with one attached hydrogen (secondary N) is 1. The molecule has 152 valence electrons. The Morgan fingerprint density at radius 2 is 1.83 bits per heavy atom. The fraction of sp³-hybridized carbons (Fsp3) is 0.391. The molecule has 0 bridgehead atoms. The molecule has 0 saturated carbocycles. The first kappa shape index (κ1) is 19.5. The van der Waals surface area contributed by atoms with Crippen LogP contribution >= 0.6 is 0 Å². The second-order valence-electron chi connectivity index (χ2n) is 7.55. The topological polar surface area (TPSA) is 61.9 Å². The summed E-state index contributed by atoms with van der Waals surface area (Å²) < 4.78 is 5.83. The van der Waals surface area contributed by atoms with Crippen LogP contribution in [0.2, 0.25) is 0 Å². The van der Waals surface area contributed by atoms with Gasteiger partial charge in [0.25, 0.3) is 0 Å². The Labute approximate surface area is 171 Å². The second kappa shape index (κ2) is 9.09. The third-order valence-corrected chi connectivity index (χ3v) is 5.60. The second-order valence-corrected chi connectivity index (χ2v) is 7.55. The highest BCUT2D eigenvalue weighted by Gasteiger charge is 2.27. The maximum Gasteiger partial charge on any atom is 0.318 e. The summed E-state index contributed by atoms with van der Waals surface area (Å²) in [4.78, 5) is 28.7. The van der Waals surface area contributed by atoms with Gasteiger partial charge in [-0.1, -0.05) is 48.5 Å². The summed E-state index contributed by atoms with van der Waals surface area (Å²) in [5.74, 6) is -0.0720. The SMILES string of the molecule is O=C(NCC(=O)N1CCc2ccccc21)N1CCOC(CCc2ccccc2)C1. The third kappa shape index (κ3) is 4.77. The van der Waals surface area contributed by atoms with Gasteiger partial charge in [0.1, 0.15) is 0 Å². The van der Waals surface area contributed by atoms with Crippen molar-refractivity contribution in [3.8, 4) is 0 Å². The van der Waals surface area contributed by atoms with Gasteiger partial charge in [0, 0.05) is 25.3 Å². The van der Waals surface area contributed by atoms with Gasteiger partial charge < -0.3 is 19.9 Å². The van der Waals surface area contributed by atoms with Gasteiger partial charge in [-0.05, 0) is 36.5 Å². The summed E-state index contributed by atoms with van der Waals surface area (Å²) in [6.07, 6.45) is 2.68. The molecule has 1 atom stereocenters. The number of anilines is 1. The van der Waals surface area contributed by atoms with Gasteiger partial charge in [-0.25, -0.2) is 4.79 Å². The number of urea groups is 1. The number of morpholine rings is 1. The summed E-state index contributed by atoms with van der Waals surface area (Å²) in [5.41, 5.74) is 3.41. The van der Waals surface area contributed by atoms with Crippen LogP contribution in [0.3, 0.4) is 0 Å². The number of benzene rings is 2. The van der Waals surface area contributed by atoms with Crippen molar-refractivity contribution in [3.63, 3.8) is 0 Å². The average molecular weight is 393 g/mol. The highest BCUT2D eigenvalue weighted by atomic mass is 16.5. The number of carbonyl (C=O) groups is 2.